The Balaban J connectivity index is 1.46. The fraction of sp³-hybridized carbons (Fsp3) is 0.611. The number of amides is 2. The largest absolute Gasteiger partial charge is 0.481 e. The van der Waals surface area contributed by atoms with Crippen LogP contribution in [0, 0.1) is 11.8 Å². The highest BCUT2D eigenvalue weighted by molar-refractivity contribution is 5.91. The van der Waals surface area contributed by atoms with Gasteiger partial charge in [-0.2, -0.15) is 0 Å². The molecule has 2 atom stereocenters. The van der Waals surface area contributed by atoms with E-state index in [0.29, 0.717) is 44.5 Å². The van der Waals surface area contributed by atoms with E-state index in [-0.39, 0.29) is 23.8 Å². The summed E-state index contributed by atoms with van der Waals surface area (Å²) in [5.41, 5.74) is 0. The van der Waals surface area contributed by atoms with Gasteiger partial charge in [-0.3, -0.25) is 14.4 Å². The molecule has 2 N–H and O–H groups in total. The van der Waals surface area contributed by atoms with E-state index in [1.807, 2.05) is 0 Å². The Labute approximate surface area is 146 Å². The van der Waals surface area contributed by atoms with Crippen molar-refractivity contribution in [2.45, 2.75) is 44.6 Å². The molecule has 7 heteroatoms. The monoisotopic (exact) mass is 348 g/mol. The topological polar surface area (TPSA) is 99.8 Å². The normalized spacial score (nSPS) is 24.7. The number of carboxylic acids is 1. The fourth-order valence-corrected chi connectivity index (χ4v) is 3.75. The summed E-state index contributed by atoms with van der Waals surface area (Å²) in [5.74, 6) is -1.24. The third-order valence-electron chi connectivity index (χ3n) is 5.25. The van der Waals surface area contributed by atoms with Crippen molar-refractivity contribution < 1.29 is 23.9 Å². The van der Waals surface area contributed by atoms with Crippen LogP contribution in [0.4, 0.5) is 0 Å². The number of aliphatic carboxylic acids is 1. The zero-order valence-electron chi connectivity index (χ0n) is 14.1. The number of nitrogens with one attached hydrogen (secondary N) is 1. The molecule has 0 radical (unpaired) electrons. The van der Waals surface area contributed by atoms with Crippen LogP contribution in [-0.2, 0) is 9.59 Å². The van der Waals surface area contributed by atoms with Crippen molar-refractivity contribution in [3.05, 3.63) is 24.2 Å². The minimum absolute atomic E-state index is 0.0400. The first-order valence-electron chi connectivity index (χ1n) is 8.90. The molecule has 1 aliphatic carbocycles. The summed E-state index contributed by atoms with van der Waals surface area (Å²) in [7, 11) is 0. The van der Waals surface area contributed by atoms with Gasteiger partial charge < -0.3 is 19.7 Å². The van der Waals surface area contributed by atoms with E-state index in [4.69, 9.17) is 9.52 Å². The lowest BCUT2D eigenvalue weighted by atomic mass is 9.81. The molecule has 2 fully saturated rings. The predicted molar refractivity (Wildman–Crippen MR) is 88.9 cm³/mol. The van der Waals surface area contributed by atoms with Gasteiger partial charge in [0.05, 0.1) is 12.2 Å². The van der Waals surface area contributed by atoms with Gasteiger partial charge in [-0.05, 0) is 44.2 Å². The summed E-state index contributed by atoms with van der Waals surface area (Å²) < 4.78 is 5.14. The Kier molecular flexibility index (Phi) is 5.40. The second-order valence-electron chi connectivity index (χ2n) is 6.95. The molecule has 2 aliphatic rings. The number of carbonyl (C=O) groups is 3. The molecule has 25 heavy (non-hydrogen) atoms. The van der Waals surface area contributed by atoms with Crippen molar-refractivity contribution in [2.24, 2.45) is 11.8 Å². The summed E-state index contributed by atoms with van der Waals surface area (Å²) in [6, 6.07) is 3.38. The molecule has 2 amide bonds. The van der Waals surface area contributed by atoms with E-state index in [0.717, 1.165) is 12.8 Å². The first-order valence-corrected chi connectivity index (χ1v) is 8.90. The van der Waals surface area contributed by atoms with Gasteiger partial charge >= 0.3 is 5.97 Å². The Bertz CT molecular complexity index is 619. The number of carbonyl (C=O) groups excluding carboxylic acids is 2. The van der Waals surface area contributed by atoms with Crippen LogP contribution in [0.2, 0.25) is 0 Å². The Morgan fingerprint density at radius 2 is 1.84 bits per heavy atom. The number of likely N-dealkylation sites (tertiary alicyclic amines) is 1. The Hall–Kier alpha value is -2.31. The smallest absolute Gasteiger partial charge is 0.306 e. The number of carboxylic acid groups (broad SMARTS) is 1. The second kappa shape index (κ2) is 7.72. The molecule has 136 valence electrons. The third-order valence-corrected chi connectivity index (χ3v) is 5.25. The van der Waals surface area contributed by atoms with Crippen molar-refractivity contribution in [2.75, 3.05) is 13.1 Å². The van der Waals surface area contributed by atoms with Gasteiger partial charge in [0.25, 0.3) is 5.91 Å². The van der Waals surface area contributed by atoms with Crippen LogP contribution in [0.5, 0.6) is 0 Å². The average Bonchev–Trinajstić information content (AvgIpc) is 3.16. The summed E-state index contributed by atoms with van der Waals surface area (Å²) in [6.45, 7) is 1.15. The van der Waals surface area contributed by atoms with E-state index in [9.17, 15) is 14.4 Å². The van der Waals surface area contributed by atoms with E-state index >= 15 is 0 Å². The summed E-state index contributed by atoms with van der Waals surface area (Å²) in [4.78, 5) is 37.5. The number of rotatable bonds is 4. The molecule has 1 aliphatic heterocycles. The Morgan fingerprint density at radius 1 is 1.12 bits per heavy atom. The average molecular weight is 348 g/mol. The van der Waals surface area contributed by atoms with Crippen LogP contribution in [0.1, 0.15) is 49.1 Å². The molecule has 7 nitrogen and oxygen atoms in total. The van der Waals surface area contributed by atoms with Gasteiger partial charge in [0.15, 0.2) is 5.76 Å². The maximum atomic E-state index is 12.4. The van der Waals surface area contributed by atoms with E-state index < -0.39 is 11.9 Å². The molecule has 0 spiro atoms. The number of hydrogen-bond acceptors (Lipinski definition) is 4. The van der Waals surface area contributed by atoms with Crippen LogP contribution in [0.25, 0.3) is 0 Å². The van der Waals surface area contributed by atoms with Gasteiger partial charge in [0.1, 0.15) is 0 Å². The van der Waals surface area contributed by atoms with Gasteiger partial charge in [-0.25, -0.2) is 0 Å². The SMILES string of the molecule is O=C(O)[C@H]1CCC[C@H](C(=O)NC2CCN(C(=O)c3ccco3)CC2)C1. The van der Waals surface area contributed by atoms with E-state index in [1.165, 1.54) is 6.26 Å². The van der Waals surface area contributed by atoms with Gasteiger partial charge in [-0.15, -0.1) is 0 Å². The highest BCUT2D eigenvalue weighted by Gasteiger charge is 2.33. The van der Waals surface area contributed by atoms with Crippen molar-refractivity contribution in [1.29, 1.82) is 0 Å². The second-order valence-corrected chi connectivity index (χ2v) is 6.95. The summed E-state index contributed by atoms with van der Waals surface area (Å²) in [6.07, 6.45) is 5.51. The quantitative estimate of drug-likeness (QED) is 0.865. The number of piperidine rings is 1. The molecule has 0 bridgehead atoms. The maximum absolute atomic E-state index is 12.4. The van der Waals surface area contributed by atoms with Crippen LogP contribution in [0.3, 0.4) is 0 Å². The molecule has 0 aromatic carbocycles. The van der Waals surface area contributed by atoms with Gasteiger partial charge in [0, 0.05) is 25.0 Å². The molecule has 0 unspecified atom stereocenters. The molecule has 1 saturated carbocycles. The van der Waals surface area contributed by atoms with Gasteiger partial charge in [-0.1, -0.05) is 6.42 Å². The molecular formula is C18H24N2O5. The lowest BCUT2D eigenvalue weighted by Gasteiger charge is -2.33. The molecule has 1 aromatic heterocycles. The lowest BCUT2D eigenvalue weighted by Crippen LogP contribution is -2.48. The molecule has 1 saturated heterocycles. The first kappa shape index (κ1) is 17.5. The van der Waals surface area contributed by atoms with Crippen LogP contribution < -0.4 is 5.32 Å². The fourth-order valence-electron chi connectivity index (χ4n) is 3.75. The zero-order chi connectivity index (χ0) is 17.8. The van der Waals surface area contributed by atoms with Crippen molar-refractivity contribution in [3.63, 3.8) is 0 Å². The number of hydrogen-bond donors (Lipinski definition) is 2. The third kappa shape index (κ3) is 4.21. The van der Waals surface area contributed by atoms with E-state index in [2.05, 4.69) is 5.32 Å². The molecule has 1 aromatic rings. The van der Waals surface area contributed by atoms with Crippen LogP contribution >= 0.6 is 0 Å². The summed E-state index contributed by atoms with van der Waals surface area (Å²) in [5, 5.41) is 12.2. The number of furan rings is 1. The predicted octanol–water partition coefficient (Wildman–Crippen LogP) is 1.89. The molecular weight excluding hydrogens is 324 g/mol. The lowest BCUT2D eigenvalue weighted by molar-refractivity contribution is -0.144. The minimum atomic E-state index is -0.803. The van der Waals surface area contributed by atoms with Crippen molar-refractivity contribution in [3.8, 4) is 0 Å². The highest BCUT2D eigenvalue weighted by Crippen LogP contribution is 2.29. The first-order chi connectivity index (χ1) is 12.0. The van der Waals surface area contributed by atoms with Crippen molar-refractivity contribution >= 4 is 17.8 Å². The zero-order valence-corrected chi connectivity index (χ0v) is 14.1. The number of nitrogens with zero attached hydrogens (tertiary/aromatic N) is 1. The standard InChI is InChI=1S/C18H24N2O5/c21-16(12-3-1-4-13(11-12)18(23)24)19-14-6-8-20(9-7-14)17(22)15-5-2-10-25-15/h2,5,10,12-14H,1,3-4,6-9,11H2,(H,19,21)(H,23,24)/t12-,13-/m0/s1. The van der Waals surface area contributed by atoms with Crippen LogP contribution in [0.15, 0.2) is 22.8 Å². The van der Waals surface area contributed by atoms with Gasteiger partial charge in [0.2, 0.25) is 5.91 Å². The van der Waals surface area contributed by atoms with Crippen molar-refractivity contribution in [1.82, 2.24) is 10.2 Å². The van der Waals surface area contributed by atoms with Crippen LogP contribution in [-0.4, -0.2) is 46.9 Å². The molecule has 2 heterocycles. The maximum Gasteiger partial charge on any atom is 0.306 e. The highest BCUT2D eigenvalue weighted by atomic mass is 16.4. The van der Waals surface area contributed by atoms with E-state index in [1.54, 1.807) is 17.0 Å². The molecule has 3 rings (SSSR count). The Morgan fingerprint density at radius 3 is 2.48 bits per heavy atom. The summed E-state index contributed by atoms with van der Waals surface area (Å²) >= 11 is 0. The minimum Gasteiger partial charge on any atom is -0.481 e.